The normalized spacial score (nSPS) is 18.3. The van der Waals surface area contributed by atoms with Gasteiger partial charge in [0, 0.05) is 12.1 Å². The van der Waals surface area contributed by atoms with Crippen molar-refractivity contribution in [1.29, 1.82) is 0 Å². The molecule has 31 heavy (non-hydrogen) atoms. The summed E-state index contributed by atoms with van der Waals surface area (Å²) in [5.74, 6) is -0.671. The van der Waals surface area contributed by atoms with Crippen molar-refractivity contribution in [3.63, 3.8) is 0 Å². The lowest BCUT2D eigenvalue weighted by atomic mass is 9.95. The number of likely N-dealkylation sites (tertiary alicyclic amines) is 1. The fourth-order valence-corrected chi connectivity index (χ4v) is 3.77. The average Bonchev–Trinajstić information content (AvgIpc) is 2.99. The lowest BCUT2D eigenvalue weighted by Gasteiger charge is -2.26. The van der Waals surface area contributed by atoms with Crippen molar-refractivity contribution >= 4 is 17.4 Å². The first-order valence-electron chi connectivity index (χ1n) is 10.5. The van der Waals surface area contributed by atoms with Gasteiger partial charge in [-0.15, -0.1) is 0 Å². The zero-order valence-electron chi connectivity index (χ0n) is 18.5. The minimum absolute atomic E-state index is 0.0422. The van der Waals surface area contributed by atoms with Gasteiger partial charge in [-0.3, -0.25) is 9.59 Å². The summed E-state index contributed by atoms with van der Waals surface area (Å²) in [6.45, 7) is 5.11. The maximum Gasteiger partial charge on any atom is 0.295 e. The van der Waals surface area contributed by atoms with Crippen LogP contribution in [0.4, 0.5) is 0 Å². The third-order valence-electron chi connectivity index (χ3n) is 5.16. The molecule has 6 heteroatoms. The maximum absolute atomic E-state index is 13.0. The molecule has 1 heterocycles. The lowest BCUT2D eigenvalue weighted by Crippen LogP contribution is -2.32. The summed E-state index contributed by atoms with van der Waals surface area (Å²) in [5, 5.41) is 11.0. The Morgan fingerprint density at radius 1 is 1.06 bits per heavy atom. The molecule has 6 nitrogen and oxygen atoms in total. The Kier molecular flexibility index (Phi) is 7.13. The maximum atomic E-state index is 13.0. The van der Waals surface area contributed by atoms with Crippen LogP contribution in [0.25, 0.3) is 5.76 Å². The van der Waals surface area contributed by atoms with E-state index in [0.717, 1.165) is 18.5 Å². The largest absolute Gasteiger partial charge is 0.507 e. The molecule has 0 bridgehead atoms. The molecule has 0 unspecified atom stereocenters. The Bertz CT molecular complexity index is 949. The number of carbonyl (C=O) groups excluding carboxylic acids is 2. The summed E-state index contributed by atoms with van der Waals surface area (Å²) in [5.41, 5.74) is 1.40. The van der Waals surface area contributed by atoms with E-state index in [1.807, 2.05) is 63.2 Å². The third kappa shape index (κ3) is 5.14. The number of rotatable bonds is 8. The van der Waals surface area contributed by atoms with Crippen molar-refractivity contribution in [2.24, 2.45) is 0 Å². The van der Waals surface area contributed by atoms with Crippen molar-refractivity contribution in [2.45, 2.75) is 32.4 Å². The molecule has 0 saturated carbocycles. The summed E-state index contributed by atoms with van der Waals surface area (Å²) in [6, 6.07) is 15.6. The molecule has 1 amide bonds. The number of aliphatic hydroxyl groups excluding tert-OH is 1. The Hall–Kier alpha value is -3.12. The molecular formula is C25H30N2O4. The van der Waals surface area contributed by atoms with Gasteiger partial charge in [0.2, 0.25) is 0 Å². The van der Waals surface area contributed by atoms with Crippen LogP contribution in [0.3, 0.4) is 0 Å². The predicted molar refractivity (Wildman–Crippen MR) is 121 cm³/mol. The monoisotopic (exact) mass is 422 g/mol. The van der Waals surface area contributed by atoms with E-state index in [1.165, 1.54) is 0 Å². The standard InChI is InChI=1S/C25H30N2O4/c1-17(2)31-20-13-11-18(12-14-20)22-21(23(28)19-9-6-5-7-10-19)24(29)25(30)27(22)16-8-15-26(3)4/h5-7,9-14,17,22,28H,8,15-16H2,1-4H3/t22-/m0/s1. The second-order valence-corrected chi connectivity index (χ2v) is 8.25. The van der Waals surface area contributed by atoms with E-state index in [2.05, 4.69) is 0 Å². The number of benzene rings is 2. The van der Waals surface area contributed by atoms with Gasteiger partial charge in [0.15, 0.2) is 0 Å². The molecule has 0 radical (unpaired) electrons. The molecule has 0 aromatic heterocycles. The summed E-state index contributed by atoms with van der Waals surface area (Å²) < 4.78 is 5.72. The fraction of sp³-hybridized carbons (Fsp3) is 0.360. The average molecular weight is 423 g/mol. The summed E-state index contributed by atoms with van der Waals surface area (Å²) in [6.07, 6.45) is 0.761. The number of carbonyl (C=O) groups is 2. The Morgan fingerprint density at radius 3 is 2.29 bits per heavy atom. The van der Waals surface area contributed by atoms with Crippen LogP contribution in [0.1, 0.15) is 37.4 Å². The van der Waals surface area contributed by atoms with Crippen LogP contribution in [0, 0.1) is 0 Å². The van der Waals surface area contributed by atoms with Gasteiger partial charge in [0.25, 0.3) is 11.7 Å². The number of amides is 1. The zero-order valence-corrected chi connectivity index (χ0v) is 18.5. The van der Waals surface area contributed by atoms with Crippen molar-refractivity contribution in [3.05, 3.63) is 71.3 Å². The van der Waals surface area contributed by atoms with Gasteiger partial charge < -0.3 is 19.6 Å². The highest BCUT2D eigenvalue weighted by Gasteiger charge is 2.45. The fourth-order valence-electron chi connectivity index (χ4n) is 3.77. The Balaban J connectivity index is 2.04. The Labute approximate surface area is 183 Å². The predicted octanol–water partition coefficient (Wildman–Crippen LogP) is 3.85. The van der Waals surface area contributed by atoms with E-state index in [-0.39, 0.29) is 17.4 Å². The number of nitrogens with zero attached hydrogens (tertiary/aromatic N) is 2. The molecule has 1 aliphatic heterocycles. The van der Waals surface area contributed by atoms with E-state index in [4.69, 9.17) is 4.74 Å². The lowest BCUT2D eigenvalue weighted by molar-refractivity contribution is -0.139. The van der Waals surface area contributed by atoms with E-state index in [0.29, 0.717) is 17.9 Å². The highest BCUT2D eigenvalue weighted by atomic mass is 16.5. The van der Waals surface area contributed by atoms with Crippen LogP contribution in [0.2, 0.25) is 0 Å². The van der Waals surface area contributed by atoms with Gasteiger partial charge >= 0.3 is 0 Å². The molecule has 2 aromatic carbocycles. The third-order valence-corrected chi connectivity index (χ3v) is 5.16. The highest BCUT2D eigenvalue weighted by molar-refractivity contribution is 6.46. The topological polar surface area (TPSA) is 70.1 Å². The molecule has 1 N–H and O–H groups in total. The first-order chi connectivity index (χ1) is 14.8. The van der Waals surface area contributed by atoms with E-state index in [9.17, 15) is 14.7 Å². The van der Waals surface area contributed by atoms with Gasteiger partial charge in [0.1, 0.15) is 11.5 Å². The van der Waals surface area contributed by atoms with E-state index in [1.54, 1.807) is 29.2 Å². The minimum atomic E-state index is -0.654. The van der Waals surface area contributed by atoms with Gasteiger partial charge in [-0.25, -0.2) is 0 Å². The van der Waals surface area contributed by atoms with Gasteiger partial charge in [-0.2, -0.15) is 0 Å². The van der Waals surface area contributed by atoms with Crippen molar-refractivity contribution in [3.8, 4) is 5.75 Å². The number of ether oxygens (including phenoxy) is 1. The number of ketones is 1. The molecule has 3 rings (SSSR count). The van der Waals surface area contributed by atoms with Crippen LogP contribution in [-0.2, 0) is 9.59 Å². The second kappa shape index (κ2) is 9.79. The minimum Gasteiger partial charge on any atom is -0.507 e. The van der Waals surface area contributed by atoms with Crippen LogP contribution < -0.4 is 4.74 Å². The molecule has 1 saturated heterocycles. The number of Topliss-reactive ketones (excluding diaryl/α,β-unsaturated/α-hetero) is 1. The van der Waals surface area contributed by atoms with Crippen molar-refractivity contribution in [2.75, 3.05) is 27.2 Å². The number of aliphatic hydroxyl groups is 1. The zero-order chi connectivity index (χ0) is 22.5. The van der Waals surface area contributed by atoms with Gasteiger partial charge in [-0.1, -0.05) is 42.5 Å². The van der Waals surface area contributed by atoms with Gasteiger partial charge in [-0.05, 0) is 58.6 Å². The quantitative estimate of drug-likeness (QED) is 0.398. The molecule has 0 spiro atoms. The van der Waals surface area contributed by atoms with Crippen molar-refractivity contribution in [1.82, 2.24) is 9.80 Å². The highest BCUT2D eigenvalue weighted by Crippen LogP contribution is 2.39. The van der Waals surface area contributed by atoms with Crippen LogP contribution in [0.15, 0.2) is 60.2 Å². The van der Waals surface area contributed by atoms with Crippen LogP contribution in [-0.4, -0.2) is 59.9 Å². The molecule has 1 fully saturated rings. The summed E-state index contributed by atoms with van der Waals surface area (Å²) in [4.78, 5) is 29.5. The van der Waals surface area contributed by atoms with E-state index >= 15 is 0 Å². The van der Waals surface area contributed by atoms with Crippen molar-refractivity contribution < 1.29 is 19.4 Å². The second-order valence-electron chi connectivity index (χ2n) is 8.25. The molecule has 164 valence electrons. The van der Waals surface area contributed by atoms with Gasteiger partial charge in [0.05, 0.1) is 17.7 Å². The molecule has 1 atom stereocenters. The first-order valence-corrected chi connectivity index (χ1v) is 10.5. The molecular weight excluding hydrogens is 392 g/mol. The molecule has 1 aliphatic rings. The van der Waals surface area contributed by atoms with E-state index < -0.39 is 17.7 Å². The smallest absolute Gasteiger partial charge is 0.295 e. The molecule has 0 aliphatic carbocycles. The first kappa shape index (κ1) is 22.6. The van der Waals surface area contributed by atoms with Crippen LogP contribution in [0.5, 0.6) is 5.75 Å². The SMILES string of the molecule is CC(C)Oc1ccc([C@H]2C(=C(O)c3ccccc3)C(=O)C(=O)N2CCCN(C)C)cc1. The summed E-state index contributed by atoms with van der Waals surface area (Å²) >= 11 is 0. The molecule has 2 aromatic rings. The number of hydrogen-bond donors (Lipinski definition) is 1. The summed E-state index contributed by atoms with van der Waals surface area (Å²) in [7, 11) is 3.93. The van der Waals surface area contributed by atoms with Crippen LogP contribution >= 0.6 is 0 Å². The Morgan fingerprint density at radius 2 is 1.71 bits per heavy atom. The number of hydrogen-bond acceptors (Lipinski definition) is 5.